The van der Waals surface area contributed by atoms with Crippen LogP contribution in [-0.4, -0.2) is 26.7 Å². The number of hydrogen-bond donors (Lipinski definition) is 2. The summed E-state index contributed by atoms with van der Waals surface area (Å²) < 4.78 is 0. The van der Waals surface area contributed by atoms with E-state index < -0.39 is 0 Å². The smallest absolute Gasteiger partial charge is 0.00141 e. The second kappa shape index (κ2) is 11.2. The first-order chi connectivity index (χ1) is 7.74. The van der Waals surface area contributed by atoms with Crippen molar-refractivity contribution in [3.63, 3.8) is 0 Å². The zero-order chi connectivity index (χ0) is 12.2. The van der Waals surface area contributed by atoms with Crippen molar-refractivity contribution in [2.24, 2.45) is 11.8 Å². The Morgan fingerprint density at radius 3 is 2.38 bits per heavy atom. The third kappa shape index (κ3) is 8.93. The van der Waals surface area contributed by atoms with Gasteiger partial charge in [-0.3, -0.25) is 0 Å². The highest BCUT2D eigenvalue weighted by atomic mass is 14.9. The fraction of sp³-hybridized carbons (Fsp3) is 0.857. The maximum absolute atomic E-state index is 3.52. The molecule has 0 radical (unpaired) electrons. The first-order valence-corrected chi connectivity index (χ1v) is 6.78. The normalized spacial score (nSPS) is 15.5. The lowest BCUT2D eigenvalue weighted by atomic mass is 10.0. The van der Waals surface area contributed by atoms with Crippen LogP contribution in [0.2, 0.25) is 0 Å². The van der Waals surface area contributed by atoms with Crippen LogP contribution in [0.15, 0.2) is 12.2 Å². The molecule has 0 aromatic rings. The molecule has 96 valence electrons. The van der Waals surface area contributed by atoms with Crippen LogP contribution >= 0.6 is 0 Å². The molecule has 2 unspecified atom stereocenters. The Morgan fingerprint density at radius 2 is 1.81 bits per heavy atom. The predicted octanol–water partition coefficient (Wildman–Crippen LogP) is 2.81. The topological polar surface area (TPSA) is 24.1 Å². The fourth-order valence-electron chi connectivity index (χ4n) is 1.51. The van der Waals surface area contributed by atoms with E-state index in [0.717, 1.165) is 25.6 Å². The van der Waals surface area contributed by atoms with Gasteiger partial charge in [-0.2, -0.15) is 0 Å². The molecular weight excluding hydrogens is 196 g/mol. The Labute approximate surface area is 102 Å². The van der Waals surface area contributed by atoms with Crippen molar-refractivity contribution < 1.29 is 0 Å². The molecule has 0 aromatic heterocycles. The monoisotopic (exact) mass is 226 g/mol. The van der Waals surface area contributed by atoms with Crippen molar-refractivity contribution in [2.45, 2.75) is 40.0 Å². The average molecular weight is 226 g/mol. The van der Waals surface area contributed by atoms with Gasteiger partial charge in [0.15, 0.2) is 0 Å². The summed E-state index contributed by atoms with van der Waals surface area (Å²) in [6.45, 7) is 10.1. The third-order valence-electron chi connectivity index (χ3n) is 3.07. The molecule has 0 aliphatic heterocycles. The van der Waals surface area contributed by atoms with Gasteiger partial charge >= 0.3 is 0 Å². The van der Waals surface area contributed by atoms with Crippen LogP contribution in [0.4, 0.5) is 0 Å². The van der Waals surface area contributed by atoms with Gasteiger partial charge in [0.2, 0.25) is 0 Å². The number of nitrogens with one attached hydrogen (secondary N) is 2. The molecule has 2 heteroatoms. The quantitative estimate of drug-likeness (QED) is 0.442. The van der Waals surface area contributed by atoms with Gasteiger partial charge in [0.05, 0.1) is 0 Å². The number of allylic oxidation sites excluding steroid dienone is 1. The molecule has 0 aliphatic rings. The molecular formula is C14H30N2. The summed E-state index contributed by atoms with van der Waals surface area (Å²) in [4.78, 5) is 0. The van der Waals surface area contributed by atoms with Crippen molar-refractivity contribution in [1.82, 2.24) is 10.6 Å². The highest BCUT2D eigenvalue weighted by molar-refractivity contribution is 4.91. The van der Waals surface area contributed by atoms with Gasteiger partial charge in [-0.05, 0) is 44.8 Å². The number of rotatable bonds is 10. The van der Waals surface area contributed by atoms with E-state index >= 15 is 0 Å². The molecule has 2 N–H and O–H groups in total. The molecule has 0 spiro atoms. The highest BCUT2D eigenvalue weighted by Crippen LogP contribution is 2.08. The van der Waals surface area contributed by atoms with Crippen LogP contribution in [0.5, 0.6) is 0 Å². The molecule has 0 aromatic carbocycles. The molecule has 0 amide bonds. The molecule has 2 nitrogen and oxygen atoms in total. The Bertz CT molecular complexity index is 166. The largest absolute Gasteiger partial charge is 0.320 e. The van der Waals surface area contributed by atoms with Gasteiger partial charge in [-0.25, -0.2) is 0 Å². The van der Waals surface area contributed by atoms with E-state index in [4.69, 9.17) is 0 Å². The van der Waals surface area contributed by atoms with Crippen LogP contribution < -0.4 is 10.6 Å². The Balaban J connectivity index is 3.62. The fourth-order valence-corrected chi connectivity index (χ4v) is 1.51. The second-order valence-electron chi connectivity index (χ2n) is 4.60. The first-order valence-electron chi connectivity index (χ1n) is 6.78. The summed E-state index contributed by atoms with van der Waals surface area (Å²) in [6.07, 6.45) is 8.43. The lowest BCUT2D eigenvalue weighted by Gasteiger charge is -2.12. The summed E-state index contributed by atoms with van der Waals surface area (Å²) in [6, 6.07) is 0. The van der Waals surface area contributed by atoms with E-state index in [2.05, 4.69) is 43.6 Å². The summed E-state index contributed by atoms with van der Waals surface area (Å²) in [5.74, 6) is 1.42. The minimum atomic E-state index is 0.698. The van der Waals surface area contributed by atoms with E-state index in [1.807, 2.05) is 7.05 Å². The Hall–Kier alpha value is -0.340. The molecule has 0 aliphatic carbocycles. The molecule has 16 heavy (non-hydrogen) atoms. The minimum absolute atomic E-state index is 0.698. The zero-order valence-electron chi connectivity index (χ0n) is 11.6. The summed E-state index contributed by atoms with van der Waals surface area (Å²) in [5, 5.41) is 6.69. The van der Waals surface area contributed by atoms with Gasteiger partial charge in [0, 0.05) is 6.54 Å². The van der Waals surface area contributed by atoms with Crippen LogP contribution in [-0.2, 0) is 0 Å². The minimum Gasteiger partial charge on any atom is -0.320 e. The zero-order valence-corrected chi connectivity index (χ0v) is 11.6. The lowest BCUT2D eigenvalue weighted by Crippen LogP contribution is -2.24. The van der Waals surface area contributed by atoms with Crippen molar-refractivity contribution in [3.8, 4) is 0 Å². The van der Waals surface area contributed by atoms with Crippen LogP contribution in [0.3, 0.4) is 0 Å². The SMILES string of the molecule is CCC(C)C=CC(CC)CNCCCNC. The maximum Gasteiger partial charge on any atom is 0.00141 e. The van der Waals surface area contributed by atoms with Gasteiger partial charge in [-0.1, -0.05) is 39.3 Å². The van der Waals surface area contributed by atoms with E-state index in [9.17, 15) is 0 Å². The van der Waals surface area contributed by atoms with Gasteiger partial charge in [-0.15, -0.1) is 0 Å². The van der Waals surface area contributed by atoms with Crippen molar-refractivity contribution >= 4 is 0 Å². The van der Waals surface area contributed by atoms with Gasteiger partial charge < -0.3 is 10.6 Å². The molecule has 0 saturated heterocycles. The van der Waals surface area contributed by atoms with E-state index in [1.165, 1.54) is 19.3 Å². The summed E-state index contributed by atoms with van der Waals surface area (Å²) in [7, 11) is 2.00. The molecule has 2 atom stereocenters. The summed E-state index contributed by atoms with van der Waals surface area (Å²) in [5.41, 5.74) is 0. The second-order valence-corrected chi connectivity index (χ2v) is 4.60. The standard InChI is InChI=1S/C14H30N2/c1-5-13(3)8-9-14(6-2)12-16-11-7-10-15-4/h8-9,13-16H,5-7,10-12H2,1-4H3. The van der Waals surface area contributed by atoms with Gasteiger partial charge in [0.25, 0.3) is 0 Å². The average Bonchev–Trinajstić information content (AvgIpc) is 2.32. The molecule has 0 rings (SSSR count). The van der Waals surface area contributed by atoms with E-state index in [0.29, 0.717) is 5.92 Å². The summed E-state index contributed by atoms with van der Waals surface area (Å²) >= 11 is 0. The van der Waals surface area contributed by atoms with Crippen molar-refractivity contribution in [1.29, 1.82) is 0 Å². The lowest BCUT2D eigenvalue weighted by molar-refractivity contribution is 0.527. The van der Waals surface area contributed by atoms with Crippen LogP contribution in [0, 0.1) is 11.8 Å². The third-order valence-corrected chi connectivity index (χ3v) is 3.07. The first kappa shape index (κ1) is 15.7. The van der Waals surface area contributed by atoms with Gasteiger partial charge in [0.1, 0.15) is 0 Å². The Kier molecular flexibility index (Phi) is 10.9. The molecule has 0 saturated carbocycles. The van der Waals surface area contributed by atoms with Crippen molar-refractivity contribution in [3.05, 3.63) is 12.2 Å². The predicted molar refractivity (Wildman–Crippen MR) is 73.8 cm³/mol. The Morgan fingerprint density at radius 1 is 1.06 bits per heavy atom. The van der Waals surface area contributed by atoms with Crippen LogP contribution in [0.1, 0.15) is 40.0 Å². The highest BCUT2D eigenvalue weighted by Gasteiger charge is 2.01. The molecule has 0 bridgehead atoms. The molecule has 0 fully saturated rings. The maximum atomic E-state index is 3.52. The van der Waals surface area contributed by atoms with E-state index in [1.54, 1.807) is 0 Å². The van der Waals surface area contributed by atoms with E-state index in [-0.39, 0.29) is 0 Å². The molecule has 0 heterocycles. The number of hydrogen-bond acceptors (Lipinski definition) is 2. The van der Waals surface area contributed by atoms with Crippen molar-refractivity contribution in [2.75, 3.05) is 26.7 Å². The van der Waals surface area contributed by atoms with Crippen LogP contribution in [0.25, 0.3) is 0 Å².